The SMILES string of the molecule is O=S(=O)(c1ccc2c(c1)OCCN2C1CCNCC1F)c1ccccn1. The van der Waals surface area contributed by atoms with Crippen molar-refractivity contribution in [3.05, 3.63) is 42.6 Å². The molecular weight excluding hydrogens is 357 g/mol. The van der Waals surface area contributed by atoms with Gasteiger partial charge in [-0.1, -0.05) is 6.07 Å². The maximum Gasteiger partial charge on any atom is 0.223 e. The first-order valence-electron chi connectivity index (χ1n) is 8.62. The largest absolute Gasteiger partial charge is 0.490 e. The van der Waals surface area contributed by atoms with Gasteiger partial charge in [-0.25, -0.2) is 17.8 Å². The Bertz CT molecular complexity index is 892. The summed E-state index contributed by atoms with van der Waals surface area (Å²) < 4.78 is 45.6. The van der Waals surface area contributed by atoms with Crippen LogP contribution < -0.4 is 15.0 Å². The van der Waals surface area contributed by atoms with Crippen molar-refractivity contribution < 1.29 is 17.5 Å². The molecule has 2 aliphatic heterocycles. The first-order valence-corrected chi connectivity index (χ1v) is 10.1. The number of pyridine rings is 1. The minimum atomic E-state index is -3.72. The van der Waals surface area contributed by atoms with Crippen LogP contribution in [-0.2, 0) is 9.84 Å². The van der Waals surface area contributed by atoms with Gasteiger partial charge in [0.25, 0.3) is 0 Å². The summed E-state index contributed by atoms with van der Waals surface area (Å²) in [6.07, 6.45) is 1.18. The summed E-state index contributed by atoms with van der Waals surface area (Å²) >= 11 is 0. The molecule has 0 bridgehead atoms. The van der Waals surface area contributed by atoms with Gasteiger partial charge in [0.1, 0.15) is 18.5 Å². The van der Waals surface area contributed by atoms with Gasteiger partial charge < -0.3 is 15.0 Å². The van der Waals surface area contributed by atoms with E-state index in [4.69, 9.17) is 4.74 Å². The van der Waals surface area contributed by atoms with Crippen LogP contribution in [0.1, 0.15) is 6.42 Å². The third-order valence-electron chi connectivity index (χ3n) is 4.83. The molecule has 1 aromatic heterocycles. The number of hydrogen-bond acceptors (Lipinski definition) is 6. The number of nitrogens with zero attached hydrogens (tertiary/aromatic N) is 2. The lowest BCUT2D eigenvalue weighted by Gasteiger charge is -2.41. The van der Waals surface area contributed by atoms with E-state index in [0.29, 0.717) is 31.9 Å². The monoisotopic (exact) mass is 377 g/mol. The van der Waals surface area contributed by atoms with Gasteiger partial charge in [0.2, 0.25) is 9.84 Å². The maximum atomic E-state index is 14.4. The Labute approximate surface area is 151 Å². The van der Waals surface area contributed by atoms with Crippen LogP contribution >= 0.6 is 0 Å². The number of nitrogens with one attached hydrogen (secondary N) is 1. The number of sulfone groups is 1. The van der Waals surface area contributed by atoms with E-state index in [9.17, 15) is 12.8 Å². The average molecular weight is 377 g/mol. The summed E-state index contributed by atoms with van der Waals surface area (Å²) in [6.45, 7) is 2.09. The molecule has 3 heterocycles. The lowest BCUT2D eigenvalue weighted by Crippen LogP contribution is -2.53. The molecule has 26 heavy (non-hydrogen) atoms. The van der Waals surface area contributed by atoms with Crippen molar-refractivity contribution in [1.82, 2.24) is 10.3 Å². The fourth-order valence-electron chi connectivity index (χ4n) is 3.52. The fourth-order valence-corrected chi connectivity index (χ4v) is 4.73. The van der Waals surface area contributed by atoms with Gasteiger partial charge in [0, 0.05) is 18.8 Å². The Balaban J connectivity index is 1.69. The number of anilines is 1. The second-order valence-corrected chi connectivity index (χ2v) is 8.32. The molecule has 1 N–H and O–H groups in total. The lowest BCUT2D eigenvalue weighted by molar-refractivity contribution is 0.208. The van der Waals surface area contributed by atoms with Crippen molar-refractivity contribution in [3.8, 4) is 5.75 Å². The maximum absolute atomic E-state index is 14.4. The van der Waals surface area contributed by atoms with E-state index in [0.717, 1.165) is 12.2 Å². The zero-order valence-electron chi connectivity index (χ0n) is 14.1. The number of rotatable bonds is 3. The molecule has 8 heteroatoms. The van der Waals surface area contributed by atoms with E-state index >= 15 is 0 Å². The van der Waals surface area contributed by atoms with Gasteiger partial charge in [-0.3, -0.25) is 0 Å². The zero-order chi connectivity index (χ0) is 18.1. The van der Waals surface area contributed by atoms with Gasteiger partial charge in [0.15, 0.2) is 5.03 Å². The summed E-state index contributed by atoms with van der Waals surface area (Å²) in [6, 6.07) is 9.30. The average Bonchev–Trinajstić information content (AvgIpc) is 2.68. The van der Waals surface area contributed by atoms with Gasteiger partial charge in [-0.15, -0.1) is 0 Å². The highest BCUT2D eigenvalue weighted by Crippen LogP contribution is 2.37. The number of aromatic nitrogens is 1. The van der Waals surface area contributed by atoms with Crippen LogP contribution in [0.2, 0.25) is 0 Å². The number of benzene rings is 1. The van der Waals surface area contributed by atoms with Crippen molar-refractivity contribution in [2.75, 3.05) is 31.1 Å². The molecule has 1 saturated heterocycles. The number of alkyl halides is 1. The first kappa shape index (κ1) is 17.2. The Morgan fingerprint density at radius 3 is 2.92 bits per heavy atom. The first-order chi connectivity index (χ1) is 12.6. The van der Waals surface area contributed by atoms with Gasteiger partial charge in [0.05, 0.1) is 23.2 Å². The minimum Gasteiger partial charge on any atom is -0.490 e. The lowest BCUT2D eigenvalue weighted by atomic mass is 10.0. The van der Waals surface area contributed by atoms with Crippen LogP contribution in [0.5, 0.6) is 5.75 Å². The highest BCUT2D eigenvalue weighted by Gasteiger charge is 2.34. The van der Waals surface area contributed by atoms with Crippen molar-refractivity contribution in [2.24, 2.45) is 0 Å². The Hall–Kier alpha value is -2.19. The number of hydrogen-bond donors (Lipinski definition) is 1. The Morgan fingerprint density at radius 1 is 1.27 bits per heavy atom. The molecule has 0 spiro atoms. The summed E-state index contributed by atoms with van der Waals surface area (Å²) in [5.74, 6) is 0.471. The van der Waals surface area contributed by atoms with E-state index < -0.39 is 16.0 Å². The number of fused-ring (bicyclic) bond motifs is 1. The second-order valence-electron chi connectivity index (χ2n) is 6.42. The minimum absolute atomic E-state index is 0.00482. The smallest absolute Gasteiger partial charge is 0.223 e. The predicted octanol–water partition coefficient (Wildman–Crippen LogP) is 1.81. The van der Waals surface area contributed by atoms with E-state index in [-0.39, 0.29) is 16.0 Å². The number of halogens is 1. The quantitative estimate of drug-likeness (QED) is 0.880. The standard InChI is InChI=1S/C18H20FN3O3S/c19-14-12-20-8-6-15(14)22-9-10-25-17-11-13(4-5-16(17)22)26(23,24)18-3-1-2-7-21-18/h1-5,7,11,14-15,20H,6,8-10,12H2. The highest BCUT2D eigenvalue weighted by atomic mass is 32.2. The third-order valence-corrected chi connectivity index (χ3v) is 6.49. The fraction of sp³-hybridized carbons (Fsp3) is 0.389. The molecule has 2 aromatic rings. The van der Waals surface area contributed by atoms with Crippen molar-refractivity contribution in [1.29, 1.82) is 0 Å². The third kappa shape index (κ3) is 3.03. The molecule has 138 valence electrons. The molecule has 2 aliphatic rings. The van der Waals surface area contributed by atoms with E-state index in [1.807, 2.05) is 4.90 Å². The second kappa shape index (κ2) is 6.85. The molecule has 6 nitrogen and oxygen atoms in total. The molecule has 4 rings (SSSR count). The van der Waals surface area contributed by atoms with Gasteiger partial charge in [-0.05, 0) is 37.2 Å². The van der Waals surface area contributed by atoms with Gasteiger partial charge >= 0.3 is 0 Å². The van der Waals surface area contributed by atoms with E-state index in [1.54, 1.807) is 24.3 Å². The molecule has 1 fully saturated rings. The predicted molar refractivity (Wildman–Crippen MR) is 95.1 cm³/mol. The van der Waals surface area contributed by atoms with E-state index in [1.165, 1.54) is 18.3 Å². The van der Waals surface area contributed by atoms with Crippen LogP contribution in [0.3, 0.4) is 0 Å². The molecule has 1 aromatic carbocycles. The summed E-state index contributed by atoms with van der Waals surface area (Å²) in [7, 11) is -3.72. The molecule has 0 saturated carbocycles. The molecule has 2 unspecified atom stereocenters. The van der Waals surface area contributed by atoms with Crippen molar-refractivity contribution in [3.63, 3.8) is 0 Å². The number of ether oxygens (including phenoxy) is 1. The molecule has 2 atom stereocenters. The highest BCUT2D eigenvalue weighted by molar-refractivity contribution is 7.91. The Kier molecular flexibility index (Phi) is 4.54. The summed E-state index contributed by atoms with van der Waals surface area (Å²) in [5.41, 5.74) is 0.741. The summed E-state index contributed by atoms with van der Waals surface area (Å²) in [5, 5.41) is 3.05. The van der Waals surface area contributed by atoms with Crippen LogP contribution in [-0.4, -0.2) is 51.9 Å². The van der Waals surface area contributed by atoms with Crippen LogP contribution in [0, 0.1) is 0 Å². The normalized spacial score (nSPS) is 23.2. The number of piperidine rings is 1. The van der Waals surface area contributed by atoms with Crippen LogP contribution in [0.4, 0.5) is 10.1 Å². The van der Waals surface area contributed by atoms with E-state index in [2.05, 4.69) is 10.3 Å². The topological polar surface area (TPSA) is 71.5 Å². The van der Waals surface area contributed by atoms with Crippen molar-refractivity contribution in [2.45, 2.75) is 28.6 Å². The molecule has 0 amide bonds. The van der Waals surface area contributed by atoms with Crippen molar-refractivity contribution >= 4 is 15.5 Å². The molecule has 0 radical (unpaired) electrons. The van der Waals surface area contributed by atoms with Crippen LogP contribution in [0.25, 0.3) is 0 Å². The zero-order valence-corrected chi connectivity index (χ0v) is 15.0. The molecule has 0 aliphatic carbocycles. The molecular formula is C18H20FN3O3S. The van der Waals surface area contributed by atoms with Gasteiger partial charge in [-0.2, -0.15) is 0 Å². The Morgan fingerprint density at radius 2 is 2.15 bits per heavy atom. The summed E-state index contributed by atoms with van der Waals surface area (Å²) in [4.78, 5) is 6.07. The van der Waals surface area contributed by atoms with Crippen LogP contribution in [0.15, 0.2) is 52.5 Å².